The Labute approximate surface area is 265 Å². The summed E-state index contributed by atoms with van der Waals surface area (Å²) in [5, 5.41) is 14.1. The Hall–Kier alpha value is -4.79. The van der Waals surface area contributed by atoms with Crippen molar-refractivity contribution in [3.8, 4) is 39.5 Å². The van der Waals surface area contributed by atoms with Crippen molar-refractivity contribution in [2.45, 2.75) is 12.8 Å². The first-order valence-corrected chi connectivity index (χ1v) is 14.1. The molecule has 0 unspecified atom stereocenters. The second-order valence-electron chi connectivity index (χ2n) is 10.5. The zero-order valence-electron chi connectivity index (χ0n) is 23.3. The predicted octanol–water partition coefficient (Wildman–Crippen LogP) is 8.64. The normalized spacial score (nSPS) is 10.9. The van der Waals surface area contributed by atoms with Crippen LogP contribution in [0.5, 0.6) is 5.75 Å². The molecule has 7 rings (SSSR count). The number of pyridine rings is 1. The van der Waals surface area contributed by atoms with Gasteiger partial charge in [0.25, 0.3) is 0 Å². The number of phenols is 1. The molecule has 0 bridgehead atoms. The van der Waals surface area contributed by atoms with E-state index in [1.165, 1.54) is 22.1 Å². The zero-order valence-corrected chi connectivity index (χ0v) is 25.5. The molecule has 4 nitrogen and oxygen atoms in total. The van der Waals surface area contributed by atoms with Gasteiger partial charge in [-0.2, -0.15) is 0 Å². The molecule has 43 heavy (non-hydrogen) atoms. The first-order chi connectivity index (χ1) is 20.7. The molecule has 0 aliphatic heterocycles. The molecular formula is C38H28N3OPt-. The topological polar surface area (TPSA) is 61.8 Å². The van der Waals surface area contributed by atoms with Crippen LogP contribution in [0, 0.1) is 6.07 Å². The van der Waals surface area contributed by atoms with E-state index in [4.69, 9.17) is 4.98 Å². The second-order valence-corrected chi connectivity index (χ2v) is 10.5. The molecule has 0 radical (unpaired) electrons. The van der Waals surface area contributed by atoms with Crippen molar-refractivity contribution in [2.24, 2.45) is 0 Å². The number of H-pyrrole nitrogens is 1. The third kappa shape index (κ3) is 5.93. The van der Waals surface area contributed by atoms with Crippen LogP contribution < -0.4 is 0 Å². The minimum atomic E-state index is 0. The van der Waals surface area contributed by atoms with Gasteiger partial charge in [-0.3, -0.25) is 9.97 Å². The summed E-state index contributed by atoms with van der Waals surface area (Å²) in [5.74, 6) is 0.956. The number of aromatic hydroxyl groups is 1. The molecule has 0 saturated carbocycles. The first kappa shape index (κ1) is 28.3. The maximum atomic E-state index is 11.7. The molecular weight excluding hydrogens is 710 g/mol. The van der Waals surface area contributed by atoms with Crippen molar-refractivity contribution in [3.05, 3.63) is 162 Å². The molecule has 0 atom stereocenters. The van der Waals surface area contributed by atoms with E-state index in [1.807, 2.05) is 73.2 Å². The predicted molar refractivity (Wildman–Crippen MR) is 169 cm³/mol. The van der Waals surface area contributed by atoms with Crippen LogP contribution in [-0.2, 0) is 33.9 Å². The van der Waals surface area contributed by atoms with Gasteiger partial charge in [0, 0.05) is 57.0 Å². The summed E-state index contributed by atoms with van der Waals surface area (Å²) < 4.78 is 0. The number of rotatable bonds is 7. The summed E-state index contributed by atoms with van der Waals surface area (Å²) in [5.41, 5.74) is 8.79. The third-order valence-electron chi connectivity index (χ3n) is 7.74. The van der Waals surface area contributed by atoms with Crippen LogP contribution in [0.2, 0.25) is 0 Å². The van der Waals surface area contributed by atoms with Gasteiger partial charge in [0.05, 0.1) is 11.5 Å². The summed E-state index contributed by atoms with van der Waals surface area (Å²) in [6.45, 7) is 0. The van der Waals surface area contributed by atoms with Crippen LogP contribution >= 0.6 is 0 Å². The maximum absolute atomic E-state index is 11.7. The number of hydrogen-bond donors (Lipinski definition) is 2. The van der Waals surface area contributed by atoms with Gasteiger partial charge in [-0.05, 0) is 57.3 Å². The fraction of sp³-hybridized carbons (Fsp3) is 0.0526. The molecule has 0 spiro atoms. The standard InChI is InChI=1S/C38H28N3O.Pt/c42-37-32(19-28-15-7-8-16-29(28)20-33-24-39-23-30-17-9-10-18-34(30)33)21-31(26-11-3-1-4-12-26)22-35(37)36-25-40-38(41-36)27-13-5-2-6-14-27;/h1-13,15-18,21-25,42H,19-20H2,(H,40,41);/q-1;. The summed E-state index contributed by atoms with van der Waals surface area (Å²) in [4.78, 5) is 12.6. The zero-order chi connectivity index (χ0) is 28.3. The monoisotopic (exact) mass is 737 g/mol. The van der Waals surface area contributed by atoms with E-state index in [9.17, 15) is 5.11 Å². The number of nitrogens with one attached hydrogen (secondary N) is 1. The Balaban J connectivity index is 0.00000329. The molecule has 0 fully saturated rings. The van der Waals surface area contributed by atoms with E-state index in [2.05, 4.69) is 76.7 Å². The van der Waals surface area contributed by atoms with E-state index >= 15 is 0 Å². The Morgan fingerprint density at radius 1 is 0.674 bits per heavy atom. The van der Waals surface area contributed by atoms with Gasteiger partial charge in [-0.15, -0.1) is 35.9 Å². The van der Waals surface area contributed by atoms with Crippen LogP contribution in [0.25, 0.3) is 44.5 Å². The molecule has 212 valence electrons. The third-order valence-corrected chi connectivity index (χ3v) is 7.74. The summed E-state index contributed by atoms with van der Waals surface area (Å²) in [6, 6.07) is 42.2. The fourth-order valence-corrected chi connectivity index (χ4v) is 5.59. The van der Waals surface area contributed by atoms with Crippen molar-refractivity contribution in [1.82, 2.24) is 15.0 Å². The number of aromatic nitrogens is 3. The average Bonchev–Trinajstić information content (AvgIpc) is 3.54. The second kappa shape index (κ2) is 12.6. The molecule has 5 heteroatoms. The van der Waals surface area contributed by atoms with Crippen LogP contribution in [0.1, 0.15) is 22.3 Å². The molecule has 7 aromatic rings. The van der Waals surface area contributed by atoms with Gasteiger partial charge >= 0.3 is 0 Å². The number of aromatic amines is 1. The summed E-state index contributed by atoms with van der Waals surface area (Å²) in [7, 11) is 0. The molecule has 2 heterocycles. The Kier molecular flexibility index (Phi) is 8.31. The van der Waals surface area contributed by atoms with E-state index in [-0.39, 0.29) is 26.8 Å². The quantitative estimate of drug-likeness (QED) is 0.161. The van der Waals surface area contributed by atoms with Gasteiger partial charge in [0.15, 0.2) is 0 Å². The van der Waals surface area contributed by atoms with Crippen molar-refractivity contribution in [1.29, 1.82) is 0 Å². The minimum Gasteiger partial charge on any atom is -0.507 e. The van der Waals surface area contributed by atoms with Gasteiger partial charge in [0.2, 0.25) is 0 Å². The first-order valence-electron chi connectivity index (χ1n) is 14.1. The molecule has 0 saturated heterocycles. The average molecular weight is 738 g/mol. The molecule has 2 aromatic heterocycles. The van der Waals surface area contributed by atoms with Crippen LogP contribution in [0.3, 0.4) is 0 Å². The Morgan fingerprint density at radius 3 is 2.19 bits per heavy atom. The van der Waals surface area contributed by atoms with Crippen LogP contribution in [0.4, 0.5) is 0 Å². The molecule has 0 aliphatic rings. The van der Waals surface area contributed by atoms with Crippen molar-refractivity contribution < 1.29 is 26.2 Å². The number of phenolic OH excluding ortho intramolecular Hbond substituents is 1. The minimum absolute atomic E-state index is 0. The van der Waals surface area contributed by atoms with Crippen LogP contribution in [-0.4, -0.2) is 20.1 Å². The van der Waals surface area contributed by atoms with Crippen molar-refractivity contribution in [2.75, 3.05) is 0 Å². The van der Waals surface area contributed by atoms with E-state index in [0.717, 1.165) is 34.1 Å². The fourth-order valence-electron chi connectivity index (χ4n) is 5.59. The molecule has 5 aromatic carbocycles. The smallest absolute Gasteiger partial charge is 0.128 e. The Bertz CT molecular complexity index is 2000. The van der Waals surface area contributed by atoms with E-state index < -0.39 is 0 Å². The van der Waals surface area contributed by atoms with Gasteiger partial charge in [-0.25, -0.2) is 0 Å². The van der Waals surface area contributed by atoms with E-state index in [0.29, 0.717) is 23.5 Å². The number of fused-ring (bicyclic) bond motifs is 1. The largest absolute Gasteiger partial charge is 0.507 e. The SMILES string of the molecule is Oc1c(Cc2ccccc2Cc2cncc3ccccc23)cc(-c2ccccc2)cc1-c1c[nH]c(-c2[c-]cccc2)n1.[Pt]. The van der Waals surface area contributed by atoms with Crippen molar-refractivity contribution >= 4 is 10.8 Å². The maximum Gasteiger partial charge on any atom is 0.128 e. The number of imidazole rings is 1. The number of benzene rings is 5. The molecule has 2 N–H and O–H groups in total. The Morgan fingerprint density at radius 2 is 1.40 bits per heavy atom. The summed E-state index contributed by atoms with van der Waals surface area (Å²) >= 11 is 0. The number of nitrogens with zero attached hydrogens (tertiary/aromatic N) is 2. The van der Waals surface area contributed by atoms with Gasteiger partial charge in [0.1, 0.15) is 5.75 Å². The summed E-state index contributed by atoms with van der Waals surface area (Å²) in [6.07, 6.45) is 7.06. The van der Waals surface area contributed by atoms with Crippen LogP contribution in [0.15, 0.2) is 134 Å². The van der Waals surface area contributed by atoms with E-state index in [1.54, 1.807) is 0 Å². The molecule has 0 aliphatic carbocycles. The van der Waals surface area contributed by atoms with Gasteiger partial charge in [-0.1, -0.05) is 78.9 Å². The molecule has 0 amide bonds. The number of hydrogen-bond acceptors (Lipinski definition) is 3. The van der Waals surface area contributed by atoms with Gasteiger partial charge < -0.3 is 10.1 Å². The van der Waals surface area contributed by atoms with Crippen molar-refractivity contribution in [3.63, 3.8) is 0 Å².